The van der Waals surface area contributed by atoms with Crippen LogP contribution in [0.3, 0.4) is 0 Å². The average molecular weight is 349 g/mol. The van der Waals surface area contributed by atoms with Crippen LogP contribution in [0.15, 0.2) is 59.5 Å². The summed E-state index contributed by atoms with van der Waals surface area (Å²) in [5.74, 6) is -0.357. The Bertz CT molecular complexity index is 1210. The van der Waals surface area contributed by atoms with Crippen LogP contribution in [0, 0.1) is 0 Å². The van der Waals surface area contributed by atoms with Crippen LogP contribution < -0.4 is 10.3 Å². The second-order valence-electron chi connectivity index (χ2n) is 5.88. The number of carboxylic acid groups (broad SMARTS) is 1. The lowest BCUT2D eigenvalue weighted by Crippen LogP contribution is -2.24. The first-order valence-corrected chi connectivity index (χ1v) is 7.95. The zero-order valence-electron chi connectivity index (χ0n) is 13.9. The summed E-state index contributed by atoms with van der Waals surface area (Å²) in [6, 6.07) is 13.7. The van der Waals surface area contributed by atoms with Crippen molar-refractivity contribution in [3.05, 3.63) is 76.2 Å². The van der Waals surface area contributed by atoms with Crippen LogP contribution in [0.2, 0.25) is 0 Å². The Hall–Kier alpha value is -3.61. The van der Waals surface area contributed by atoms with E-state index in [9.17, 15) is 14.7 Å². The van der Waals surface area contributed by atoms with Crippen LogP contribution in [-0.4, -0.2) is 32.4 Å². The predicted molar refractivity (Wildman–Crippen MR) is 96.0 cm³/mol. The Balaban J connectivity index is 2.00. The standard InChI is InChI=1S/C19H15N3O4/c1-26-14-4-2-3-12(9-14)11-21-17-10-13(19(24)25)5-6-15(17)22-16(18(21)23)7-8-20-22/h2-10H,11H2,1H3,(H,24,25). The number of aromatic nitrogens is 3. The summed E-state index contributed by atoms with van der Waals surface area (Å²) in [6.07, 6.45) is 1.55. The molecule has 0 amide bonds. The highest BCUT2D eigenvalue weighted by atomic mass is 16.5. The van der Waals surface area contributed by atoms with E-state index in [4.69, 9.17) is 4.74 Å². The van der Waals surface area contributed by atoms with Gasteiger partial charge in [-0.15, -0.1) is 0 Å². The first kappa shape index (κ1) is 15.9. The largest absolute Gasteiger partial charge is 0.497 e. The molecular formula is C19H15N3O4. The molecule has 2 aromatic heterocycles. The minimum atomic E-state index is -1.05. The molecule has 0 aliphatic heterocycles. The predicted octanol–water partition coefficient (Wildman–Crippen LogP) is 2.40. The van der Waals surface area contributed by atoms with Crippen molar-refractivity contribution >= 4 is 22.5 Å². The quantitative estimate of drug-likeness (QED) is 0.611. The molecule has 1 N–H and O–H groups in total. The van der Waals surface area contributed by atoms with Crippen LogP contribution in [0.25, 0.3) is 16.6 Å². The molecule has 26 heavy (non-hydrogen) atoms. The number of aromatic carboxylic acids is 1. The average Bonchev–Trinajstić information content (AvgIpc) is 3.15. The molecule has 0 saturated carbocycles. The second-order valence-corrected chi connectivity index (χ2v) is 5.88. The lowest BCUT2D eigenvalue weighted by atomic mass is 10.1. The van der Waals surface area contributed by atoms with Crippen molar-refractivity contribution in [1.82, 2.24) is 14.2 Å². The summed E-state index contributed by atoms with van der Waals surface area (Å²) in [4.78, 5) is 24.3. The van der Waals surface area contributed by atoms with Crippen LogP contribution in [0.4, 0.5) is 0 Å². The molecule has 2 heterocycles. The van der Waals surface area contributed by atoms with E-state index in [-0.39, 0.29) is 17.7 Å². The van der Waals surface area contributed by atoms with E-state index in [0.717, 1.165) is 5.56 Å². The third kappa shape index (κ3) is 2.50. The van der Waals surface area contributed by atoms with Crippen LogP contribution in [-0.2, 0) is 6.54 Å². The second kappa shape index (κ2) is 6.03. The molecule has 4 rings (SSSR count). The van der Waals surface area contributed by atoms with Gasteiger partial charge >= 0.3 is 5.97 Å². The number of carboxylic acids is 1. The fourth-order valence-corrected chi connectivity index (χ4v) is 3.07. The van der Waals surface area contributed by atoms with E-state index >= 15 is 0 Å². The van der Waals surface area contributed by atoms with Crippen molar-refractivity contribution in [2.24, 2.45) is 0 Å². The maximum Gasteiger partial charge on any atom is 0.335 e. The molecule has 0 aliphatic rings. The minimum absolute atomic E-state index is 0.114. The molecule has 130 valence electrons. The fourth-order valence-electron chi connectivity index (χ4n) is 3.07. The third-order valence-corrected chi connectivity index (χ3v) is 4.32. The van der Waals surface area contributed by atoms with E-state index in [2.05, 4.69) is 5.10 Å². The summed E-state index contributed by atoms with van der Waals surface area (Å²) in [7, 11) is 1.58. The van der Waals surface area contributed by atoms with Gasteiger partial charge in [-0.1, -0.05) is 12.1 Å². The molecule has 7 nitrogen and oxygen atoms in total. The third-order valence-electron chi connectivity index (χ3n) is 4.32. The fraction of sp³-hybridized carbons (Fsp3) is 0.105. The first-order chi connectivity index (χ1) is 12.6. The molecule has 2 aromatic carbocycles. The number of carbonyl (C=O) groups is 1. The van der Waals surface area contributed by atoms with Crippen molar-refractivity contribution < 1.29 is 14.6 Å². The maximum atomic E-state index is 13.0. The lowest BCUT2D eigenvalue weighted by Gasteiger charge is -2.13. The molecule has 0 unspecified atom stereocenters. The molecular weight excluding hydrogens is 334 g/mol. The van der Waals surface area contributed by atoms with Gasteiger partial charge in [0, 0.05) is 0 Å². The maximum absolute atomic E-state index is 13.0. The molecule has 4 aromatic rings. The van der Waals surface area contributed by atoms with Crippen molar-refractivity contribution in [3.63, 3.8) is 0 Å². The van der Waals surface area contributed by atoms with Gasteiger partial charge in [-0.25, -0.2) is 9.31 Å². The topological polar surface area (TPSA) is 85.8 Å². The number of hydrogen-bond acceptors (Lipinski definition) is 4. The van der Waals surface area contributed by atoms with Gasteiger partial charge in [-0.2, -0.15) is 5.10 Å². The molecule has 0 fully saturated rings. The first-order valence-electron chi connectivity index (χ1n) is 7.95. The zero-order chi connectivity index (χ0) is 18.3. The summed E-state index contributed by atoms with van der Waals surface area (Å²) in [5, 5.41) is 13.5. The van der Waals surface area contributed by atoms with Crippen molar-refractivity contribution in [1.29, 1.82) is 0 Å². The van der Waals surface area contributed by atoms with Gasteiger partial charge in [-0.05, 0) is 42.0 Å². The number of nitrogens with zero attached hydrogens (tertiary/aromatic N) is 3. The Morgan fingerprint density at radius 2 is 1.96 bits per heavy atom. The Morgan fingerprint density at radius 3 is 2.73 bits per heavy atom. The van der Waals surface area contributed by atoms with Gasteiger partial charge in [0.2, 0.25) is 0 Å². The van der Waals surface area contributed by atoms with Gasteiger partial charge in [-0.3, -0.25) is 4.79 Å². The molecule has 0 saturated heterocycles. The molecule has 7 heteroatoms. The van der Waals surface area contributed by atoms with E-state index in [0.29, 0.717) is 22.3 Å². The number of benzene rings is 2. The van der Waals surface area contributed by atoms with Crippen molar-refractivity contribution in [3.8, 4) is 5.75 Å². The Morgan fingerprint density at radius 1 is 1.12 bits per heavy atom. The summed E-state index contributed by atoms with van der Waals surface area (Å²) in [6.45, 7) is 0.289. The van der Waals surface area contributed by atoms with Crippen molar-refractivity contribution in [2.45, 2.75) is 6.54 Å². The summed E-state index contributed by atoms with van der Waals surface area (Å²) in [5.41, 5.74) is 2.36. The molecule has 0 atom stereocenters. The summed E-state index contributed by atoms with van der Waals surface area (Å²) < 4.78 is 8.34. The van der Waals surface area contributed by atoms with E-state index in [1.807, 2.05) is 24.3 Å². The number of hydrogen-bond donors (Lipinski definition) is 1. The molecule has 0 aliphatic carbocycles. The normalized spacial score (nSPS) is 11.1. The van der Waals surface area contributed by atoms with Crippen molar-refractivity contribution in [2.75, 3.05) is 7.11 Å². The van der Waals surface area contributed by atoms with E-state index in [1.54, 1.807) is 30.0 Å². The molecule has 0 radical (unpaired) electrons. The number of rotatable bonds is 4. The highest BCUT2D eigenvalue weighted by Gasteiger charge is 2.14. The molecule has 0 spiro atoms. The lowest BCUT2D eigenvalue weighted by molar-refractivity contribution is 0.0697. The number of ether oxygens (including phenoxy) is 1. The zero-order valence-corrected chi connectivity index (χ0v) is 13.9. The van der Waals surface area contributed by atoms with Crippen LogP contribution in [0.1, 0.15) is 15.9 Å². The van der Waals surface area contributed by atoms with Gasteiger partial charge in [0.05, 0.1) is 36.4 Å². The van der Waals surface area contributed by atoms with E-state index in [1.165, 1.54) is 16.6 Å². The van der Waals surface area contributed by atoms with E-state index < -0.39 is 5.97 Å². The van der Waals surface area contributed by atoms with Gasteiger partial charge in [0.15, 0.2) is 0 Å². The monoisotopic (exact) mass is 349 g/mol. The number of methoxy groups -OCH3 is 1. The summed E-state index contributed by atoms with van der Waals surface area (Å²) >= 11 is 0. The number of fused-ring (bicyclic) bond motifs is 3. The smallest absolute Gasteiger partial charge is 0.335 e. The SMILES string of the molecule is COc1cccc(Cn2c(=O)c3ccnn3c3ccc(C(=O)O)cc32)c1. The minimum Gasteiger partial charge on any atom is -0.497 e. The highest BCUT2D eigenvalue weighted by molar-refractivity contribution is 5.92. The van der Waals surface area contributed by atoms with Gasteiger partial charge in [0.1, 0.15) is 11.3 Å². The van der Waals surface area contributed by atoms with Crippen LogP contribution >= 0.6 is 0 Å². The Labute approximate surface area is 147 Å². The van der Waals surface area contributed by atoms with Gasteiger partial charge in [0.25, 0.3) is 5.56 Å². The Kier molecular flexibility index (Phi) is 3.69. The highest BCUT2D eigenvalue weighted by Crippen LogP contribution is 2.19. The van der Waals surface area contributed by atoms with Gasteiger partial charge < -0.3 is 14.4 Å². The van der Waals surface area contributed by atoms with Crippen LogP contribution in [0.5, 0.6) is 5.75 Å². The molecule has 0 bridgehead atoms.